The summed E-state index contributed by atoms with van der Waals surface area (Å²) in [6.45, 7) is 4.02. The fourth-order valence-corrected chi connectivity index (χ4v) is 2.12. The smallest absolute Gasteiger partial charge is 0.233 e. The highest BCUT2D eigenvalue weighted by Gasteiger charge is 2.07. The molecule has 0 fully saturated rings. The molecule has 0 unspecified atom stereocenters. The number of halogens is 2. The molecular formula is C13H11BrClNO. The lowest BCUT2D eigenvalue weighted by Crippen LogP contribution is -1.92. The van der Waals surface area contributed by atoms with E-state index in [1.165, 1.54) is 0 Å². The molecule has 88 valence electrons. The van der Waals surface area contributed by atoms with E-state index in [2.05, 4.69) is 20.9 Å². The molecule has 1 aromatic heterocycles. The van der Waals surface area contributed by atoms with Gasteiger partial charge in [0.05, 0.1) is 9.50 Å². The summed E-state index contributed by atoms with van der Waals surface area (Å²) >= 11 is 9.20. The Morgan fingerprint density at radius 2 is 2.00 bits per heavy atom. The van der Waals surface area contributed by atoms with Gasteiger partial charge >= 0.3 is 0 Å². The molecule has 0 saturated heterocycles. The normalized spacial score (nSPS) is 10.4. The minimum atomic E-state index is 0.517. The van der Waals surface area contributed by atoms with Gasteiger partial charge in [-0.2, -0.15) is 0 Å². The van der Waals surface area contributed by atoms with Gasteiger partial charge in [-0.25, -0.2) is 4.98 Å². The van der Waals surface area contributed by atoms with Gasteiger partial charge in [0.25, 0.3) is 0 Å². The SMILES string of the molecule is Cc1ccc(C)c(Oc2ncc(Cl)cc2Br)c1. The maximum atomic E-state index is 5.83. The van der Waals surface area contributed by atoms with E-state index in [-0.39, 0.29) is 0 Å². The summed E-state index contributed by atoms with van der Waals surface area (Å²) in [7, 11) is 0. The monoisotopic (exact) mass is 311 g/mol. The summed E-state index contributed by atoms with van der Waals surface area (Å²) in [4.78, 5) is 4.14. The van der Waals surface area contributed by atoms with Crippen molar-refractivity contribution in [1.82, 2.24) is 4.98 Å². The predicted octanol–water partition coefficient (Wildman–Crippen LogP) is 4.91. The minimum absolute atomic E-state index is 0.517. The first-order valence-corrected chi connectivity index (χ1v) is 6.29. The standard InChI is InChI=1S/C13H11BrClNO/c1-8-3-4-9(2)12(5-8)17-13-11(14)6-10(15)7-16-13/h3-7H,1-2H3. The summed E-state index contributed by atoms with van der Waals surface area (Å²) in [5.74, 6) is 1.32. The highest BCUT2D eigenvalue weighted by atomic mass is 79.9. The third-order valence-corrected chi connectivity index (χ3v) is 3.10. The van der Waals surface area contributed by atoms with Crippen LogP contribution in [0.15, 0.2) is 34.9 Å². The molecule has 1 heterocycles. The van der Waals surface area contributed by atoms with Crippen molar-refractivity contribution in [2.24, 2.45) is 0 Å². The van der Waals surface area contributed by atoms with Gasteiger partial charge in [0.2, 0.25) is 5.88 Å². The number of rotatable bonds is 2. The van der Waals surface area contributed by atoms with Crippen LogP contribution in [0.2, 0.25) is 5.02 Å². The van der Waals surface area contributed by atoms with Crippen LogP contribution in [0.3, 0.4) is 0 Å². The summed E-state index contributed by atoms with van der Waals surface area (Å²) < 4.78 is 6.50. The van der Waals surface area contributed by atoms with Crippen LogP contribution < -0.4 is 4.74 Å². The van der Waals surface area contributed by atoms with Gasteiger partial charge in [-0.05, 0) is 53.0 Å². The van der Waals surface area contributed by atoms with E-state index in [9.17, 15) is 0 Å². The number of benzene rings is 1. The summed E-state index contributed by atoms with van der Waals surface area (Å²) in [5.41, 5.74) is 2.22. The molecule has 0 atom stereocenters. The molecule has 4 heteroatoms. The number of ether oxygens (including phenoxy) is 1. The lowest BCUT2D eigenvalue weighted by Gasteiger charge is -2.10. The molecule has 0 aliphatic heterocycles. The Morgan fingerprint density at radius 3 is 2.71 bits per heavy atom. The fraction of sp³-hybridized carbons (Fsp3) is 0.154. The number of hydrogen-bond acceptors (Lipinski definition) is 2. The molecule has 2 nitrogen and oxygen atoms in total. The second-order valence-corrected chi connectivity index (χ2v) is 5.10. The lowest BCUT2D eigenvalue weighted by atomic mass is 10.1. The van der Waals surface area contributed by atoms with Gasteiger partial charge in [0.1, 0.15) is 5.75 Å². The number of hydrogen-bond donors (Lipinski definition) is 0. The number of pyridine rings is 1. The van der Waals surface area contributed by atoms with Crippen molar-refractivity contribution in [2.45, 2.75) is 13.8 Å². The lowest BCUT2D eigenvalue weighted by molar-refractivity contribution is 0.456. The molecule has 0 spiro atoms. The van der Waals surface area contributed by atoms with Gasteiger partial charge in [0, 0.05) is 6.20 Å². The van der Waals surface area contributed by atoms with Crippen LogP contribution in [0, 0.1) is 13.8 Å². The first kappa shape index (κ1) is 12.4. The predicted molar refractivity (Wildman–Crippen MR) is 72.9 cm³/mol. The largest absolute Gasteiger partial charge is 0.438 e. The first-order valence-electron chi connectivity index (χ1n) is 5.12. The van der Waals surface area contributed by atoms with Crippen LogP contribution in [-0.2, 0) is 0 Å². The molecule has 2 aromatic rings. The van der Waals surface area contributed by atoms with E-state index >= 15 is 0 Å². The molecule has 0 aliphatic carbocycles. The van der Waals surface area contributed by atoms with E-state index in [1.807, 2.05) is 32.0 Å². The maximum absolute atomic E-state index is 5.83. The van der Waals surface area contributed by atoms with E-state index in [1.54, 1.807) is 12.3 Å². The van der Waals surface area contributed by atoms with Gasteiger partial charge in [0.15, 0.2) is 0 Å². The van der Waals surface area contributed by atoms with Gasteiger partial charge in [-0.15, -0.1) is 0 Å². The Kier molecular flexibility index (Phi) is 3.69. The van der Waals surface area contributed by atoms with Crippen molar-refractivity contribution < 1.29 is 4.74 Å². The van der Waals surface area contributed by atoms with Gasteiger partial charge in [-0.3, -0.25) is 0 Å². The Hall–Kier alpha value is -1.06. The quantitative estimate of drug-likeness (QED) is 0.786. The van der Waals surface area contributed by atoms with Crippen LogP contribution in [0.1, 0.15) is 11.1 Å². The molecular weight excluding hydrogens is 302 g/mol. The van der Waals surface area contributed by atoms with Crippen LogP contribution in [0.4, 0.5) is 0 Å². The van der Waals surface area contributed by atoms with Gasteiger partial charge in [-0.1, -0.05) is 23.7 Å². The third-order valence-electron chi connectivity index (χ3n) is 2.32. The zero-order valence-electron chi connectivity index (χ0n) is 9.50. The summed E-state index contributed by atoms with van der Waals surface area (Å²) in [5, 5.41) is 0.574. The molecule has 2 rings (SSSR count). The summed E-state index contributed by atoms with van der Waals surface area (Å²) in [6, 6.07) is 7.81. The zero-order chi connectivity index (χ0) is 12.4. The van der Waals surface area contributed by atoms with Crippen molar-refractivity contribution in [1.29, 1.82) is 0 Å². The number of aromatic nitrogens is 1. The van der Waals surface area contributed by atoms with Crippen molar-refractivity contribution in [3.63, 3.8) is 0 Å². The number of aryl methyl sites for hydroxylation is 2. The van der Waals surface area contributed by atoms with E-state index in [4.69, 9.17) is 16.3 Å². The average molecular weight is 313 g/mol. The fourth-order valence-electron chi connectivity index (χ4n) is 1.40. The van der Waals surface area contributed by atoms with Crippen LogP contribution >= 0.6 is 27.5 Å². The van der Waals surface area contributed by atoms with E-state index < -0.39 is 0 Å². The van der Waals surface area contributed by atoms with Gasteiger partial charge < -0.3 is 4.74 Å². The van der Waals surface area contributed by atoms with Crippen molar-refractivity contribution in [3.8, 4) is 11.6 Å². The summed E-state index contributed by atoms with van der Waals surface area (Å²) in [6.07, 6.45) is 1.56. The molecule has 1 aromatic carbocycles. The molecule has 0 aliphatic rings. The highest BCUT2D eigenvalue weighted by Crippen LogP contribution is 2.31. The van der Waals surface area contributed by atoms with Crippen LogP contribution in [0.25, 0.3) is 0 Å². The average Bonchev–Trinajstić information content (AvgIpc) is 2.27. The van der Waals surface area contributed by atoms with Crippen molar-refractivity contribution in [3.05, 3.63) is 51.1 Å². The van der Waals surface area contributed by atoms with E-state index in [0.29, 0.717) is 10.9 Å². The molecule has 0 N–H and O–H groups in total. The Morgan fingerprint density at radius 1 is 1.24 bits per heavy atom. The molecule has 0 bridgehead atoms. The van der Waals surface area contributed by atoms with Crippen LogP contribution in [0.5, 0.6) is 11.6 Å². The highest BCUT2D eigenvalue weighted by molar-refractivity contribution is 9.10. The Bertz CT molecular complexity index is 557. The molecule has 0 radical (unpaired) electrons. The molecule has 0 saturated carbocycles. The second kappa shape index (κ2) is 5.07. The first-order chi connectivity index (χ1) is 8.06. The Balaban J connectivity index is 2.34. The number of nitrogens with zero attached hydrogens (tertiary/aromatic N) is 1. The van der Waals surface area contributed by atoms with Crippen LogP contribution in [-0.4, -0.2) is 4.98 Å². The molecule has 0 amide bonds. The van der Waals surface area contributed by atoms with E-state index in [0.717, 1.165) is 21.3 Å². The zero-order valence-corrected chi connectivity index (χ0v) is 11.8. The third kappa shape index (κ3) is 2.99. The topological polar surface area (TPSA) is 22.1 Å². The Labute approximate surface area is 114 Å². The van der Waals surface area contributed by atoms with Crippen molar-refractivity contribution >= 4 is 27.5 Å². The maximum Gasteiger partial charge on any atom is 0.233 e. The van der Waals surface area contributed by atoms with Crippen molar-refractivity contribution in [2.75, 3.05) is 0 Å². The minimum Gasteiger partial charge on any atom is -0.438 e. The second-order valence-electron chi connectivity index (χ2n) is 3.81. The molecule has 17 heavy (non-hydrogen) atoms.